The van der Waals surface area contributed by atoms with Crippen LogP contribution in [0.3, 0.4) is 0 Å². The summed E-state index contributed by atoms with van der Waals surface area (Å²) in [7, 11) is -3.60. The van der Waals surface area contributed by atoms with Crippen LogP contribution in [-0.4, -0.2) is 56.5 Å². The summed E-state index contributed by atoms with van der Waals surface area (Å²) in [6.45, 7) is 7.37. The second-order valence-corrected chi connectivity index (χ2v) is 6.83. The Kier molecular flexibility index (Phi) is 4.70. The van der Waals surface area contributed by atoms with Crippen LogP contribution < -0.4 is 5.32 Å². The first-order chi connectivity index (χ1) is 9.89. The highest BCUT2D eigenvalue weighted by molar-refractivity contribution is 7.89. The average Bonchev–Trinajstić information content (AvgIpc) is 2.76. The van der Waals surface area contributed by atoms with Gasteiger partial charge in [0, 0.05) is 37.4 Å². The summed E-state index contributed by atoms with van der Waals surface area (Å²) in [5.74, 6) is -0.528. The fraction of sp³-hybridized carbons (Fsp3) is 0.615. The van der Waals surface area contributed by atoms with Gasteiger partial charge in [0.15, 0.2) is 0 Å². The number of carbonyl (C=O) groups excluding carboxylic acids is 1. The summed E-state index contributed by atoms with van der Waals surface area (Å²) in [5.41, 5.74) is 1.10. The molecule has 1 aliphatic rings. The van der Waals surface area contributed by atoms with Crippen LogP contribution in [0.4, 0.5) is 0 Å². The van der Waals surface area contributed by atoms with Crippen molar-refractivity contribution in [3.05, 3.63) is 17.0 Å². The number of hydrogen-bond donors (Lipinski definition) is 2. The molecule has 0 saturated carbocycles. The molecule has 1 aromatic heterocycles. The molecule has 7 nitrogen and oxygen atoms in total. The van der Waals surface area contributed by atoms with Gasteiger partial charge in [-0.05, 0) is 20.8 Å². The topological polar surface area (TPSA) is 91.5 Å². The second kappa shape index (κ2) is 6.17. The highest BCUT2D eigenvalue weighted by Gasteiger charge is 2.32. The van der Waals surface area contributed by atoms with E-state index < -0.39 is 16.0 Å². The van der Waals surface area contributed by atoms with Gasteiger partial charge < -0.3 is 15.0 Å². The van der Waals surface area contributed by atoms with Gasteiger partial charge in [0.2, 0.25) is 10.0 Å². The lowest BCUT2D eigenvalue weighted by Gasteiger charge is -2.26. The van der Waals surface area contributed by atoms with Crippen molar-refractivity contribution in [2.45, 2.75) is 25.7 Å². The minimum atomic E-state index is -3.60. The Morgan fingerprint density at radius 1 is 1.29 bits per heavy atom. The molecule has 1 aromatic rings. The van der Waals surface area contributed by atoms with E-state index in [9.17, 15) is 13.2 Å². The second-order valence-electron chi connectivity index (χ2n) is 4.95. The molecule has 118 valence electrons. The van der Waals surface area contributed by atoms with Gasteiger partial charge >= 0.3 is 5.97 Å². The minimum absolute atomic E-state index is 0.187. The number of hydrogen-bond acceptors (Lipinski definition) is 5. The number of aryl methyl sites for hydroxylation is 1. The monoisotopic (exact) mass is 315 g/mol. The van der Waals surface area contributed by atoms with Gasteiger partial charge in [-0.15, -0.1) is 0 Å². The number of H-pyrrole nitrogens is 1. The number of sulfonamides is 1. The van der Waals surface area contributed by atoms with Crippen LogP contribution in [0.1, 0.15) is 28.7 Å². The van der Waals surface area contributed by atoms with E-state index in [-0.39, 0.29) is 17.2 Å². The lowest BCUT2D eigenvalue weighted by Crippen LogP contribution is -2.46. The number of nitrogens with zero attached hydrogens (tertiary/aromatic N) is 1. The van der Waals surface area contributed by atoms with Crippen molar-refractivity contribution >= 4 is 16.0 Å². The summed E-state index contributed by atoms with van der Waals surface area (Å²) in [6.07, 6.45) is 0. The van der Waals surface area contributed by atoms with Gasteiger partial charge in [-0.25, -0.2) is 13.2 Å². The lowest BCUT2D eigenvalue weighted by molar-refractivity contribution is 0.0519. The summed E-state index contributed by atoms with van der Waals surface area (Å²) < 4.78 is 31.9. The first-order valence-corrected chi connectivity index (χ1v) is 8.40. The Morgan fingerprint density at radius 2 is 1.90 bits per heavy atom. The van der Waals surface area contributed by atoms with Gasteiger partial charge in [0.05, 0.1) is 6.61 Å². The van der Waals surface area contributed by atoms with Gasteiger partial charge in [0.1, 0.15) is 10.6 Å². The van der Waals surface area contributed by atoms with Crippen molar-refractivity contribution in [1.29, 1.82) is 0 Å². The first kappa shape index (κ1) is 16.0. The molecule has 0 radical (unpaired) electrons. The van der Waals surface area contributed by atoms with Crippen LogP contribution in [0.15, 0.2) is 4.90 Å². The zero-order valence-corrected chi connectivity index (χ0v) is 13.3. The molecule has 21 heavy (non-hydrogen) atoms. The number of aromatic amines is 1. The van der Waals surface area contributed by atoms with E-state index in [2.05, 4.69) is 10.3 Å². The molecular formula is C13H21N3O4S. The van der Waals surface area contributed by atoms with Crippen LogP contribution in [0.25, 0.3) is 0 Å². The number of carbonyl (C=O) groups is 1. The summed E-state index contributed by atoms with van der Waals surface area (Å²) >= 11 is 0. The SMILES string of the molecule is CCOC(=O)c1[nH]c(C)c(S(=O)(=O)N2CCNCC2)c1C. The Bertz CT molecular complexity index is 630. The van der Waals surface area contributed by atoms with Gasteiger partial charge in [-0.3, -0.25) is 0 Å². The molecule has 2 heterocycles. The maximum Gasteiger partial charge on any atom is 0.355 e. The quantitative estimate of drug-likeness (QED) is 0.785. The third-order valence-electron chi connectivity index (χ3n) is 3.52. The fourth-order valence-electron chi connectivity index (χ4n) is 2.54. The number of ether oxygens (including phenoxy) is 1. The minimum Gasteiger partial charge on any atom is -0.461 e. The van der Waals surface area contributed by atoms with Crippen LogP contribution >= 0.6 is 0 Å². The van der Waals surface area contributed by atoms with Gasteiger partial charge in [-0.2, -0.15) is 4.31 Å². The molecule has 0 amide bonds. The molecule has 0 aromatic carbocycles. The van der Waals surface area contributed by atoms with E-state index in [4.69, 9.17) is 4.74 Å². The van der Waals surface area contributed by atoms with E-state index in [0.717, 1.165) is 0 Å². The molecular weight excluding hydrogens is 294 g/mol. The summed E-state index contributed by atoms with van der Waals surface area (Å²) in [5, 5.41) is 3.12. The number of rotatable bonds is 4. The summed E-state index contributed by atoms with van der Waals surface area (Å²) in [4.78, 5) is 14.9. The molecule has 0 bridgehead atoms. The molecule has 0 aliphatic carbocycles. The highest BCUT2D eigenvalue weighted by atomic mass is 32.2. The Labute approximate surface area is 124 Å². The maximum absolute atomic E-state index is 12.7. The van der Waals surface area contributed by atoms with E-state index in [1.54, 1.807) is 20.8 Å². The zero-order chi connectivity index (χ0) is 15.6. The van der Waals surface area contributed by atoms with Crippen molar-refractivity contribution < 1.29 is 17.9 Å². The van der Waals surface area contributed by atoms with Crippen LogP contribution in [0.2, 0.25) is 0 Å². The molecule has 1 aliphatic heterocycles. The lowest BCUT2D eigenvalue weighted by atomic mass is 10.2. The normalized spacial score (nSPS) is 16.9. The molecule has 8 heteroatoms. The van der Waals surface area contributed by atoms with E-state index in [1.807, 2.05) is 0 Å². The predicted octanol–water partition coefficient (Wildman–Crippen LogP) is 0.402. The molecule has 0 spiro atoms. The number of esters is 1. The largest absolute Gasteiger partial charge is 0.461 e. The maximum atomic E-state index is 12.7. The number of aromatic nitrogens is 1. The molecule has 1 saturated heterocycles. The molecule has 0 atom stereocenters. The molecule has 0 unspecified atom stereocenters. The Balaban J connectivity index is 2.41. The van der Waals surface area contributed by atoms with Gasteiger partial charge in [-0.1, -0.05) is 0 Å². The van der Waals surface area contributed by atoms with E-state index >= 15 is 0 Å². The molecule has 2 rings (SSSR count). The van der Waals surface area contributed by atoms with Crippen molar-refractivity contribution in [3.63, 3.8) is 0 Å². The van der Waals surface area contributed by atoms with Gasteiger partial charge in [0.25, 0.3) is 0 Å². The number of nitrogens with one attached hydrogen (secondary N) is 2. The van der Waals surface area contributed by atoms with E-state index in [1.165, 1.54) is 4.31 Å². The van der Waals surface area contributed by atoms with Crippen LogP contribution in [-0.2, 0) is 14.8 Å². The predicted molar refractivity (Wildman–Crippen MR) is 77.9 cm³/mol. The van der Waals surface area contributed by atoms with Crippen molar-refractivity contribution in [2.75, 3.05) is 32.8 Å². The molecule has 1 fully saturated rings. The Hall–Kier alpha value is -1.38. The smallest absolute Gasteiger partial charge is 0.355 e. The highest BCUT2D eigenvalue weighted by Crippen LogP contribution is 2.27. The first-order valence-electron chi connectivity index (χ1n) is 6.96. The average molecular weight is 315 g/mol. The summed E-state index contributed by atoms with van der Waals surface area (Å²) in [6, 6.07) is 0. The van der Waals surface area contributed by atoms with Crippen molar-refractivity contribution in [1.82, 2.24) is 14.6 Å². The third-order valence-corrected chi connectivity index (χ3v) is 5.70. The van der Waals surface area contributed by atoms with E-state index in [0.29, 0.717) is 37.4 Å². The number of piperazine rings is 1. The standard InChI is InChI=1S/C13H21N3O4S/c1-4-20-13(17)11-9(2)12(10(3)15-11)21(18,19)16-7-5-14-6-8-16/h14-15H,4-8H2,1-3H3. The third kappa shape index (κ3) is 2.97. The van der Waals surface area contributed by atoms with Crippen LogP contribution in [0, 0.1) is 13.8 Å². The van der Waals surface area contributed by atoms with Crippen molar-refractivity contribution in [3.8, 4) is 0 Å². The molecule has 2 N–H and O–H groups in total. The van der Waals surface area contributed by atoms with Crippen molar-refractivity contribution in [2.24, 2.45) is 0 Å². The zero-order valence-electron chi connectivity index (χ0n) is 12.5. The fourth-order valence-corrected chi connectivity index (χ4v) is 4.39. The van der Waals surface area contributed by atoms with Crippen LogP contribution in [0.5, 0.6) is 0 Å². The Morgan fingerprint density at radius 3 is 2.48 bits per heavy atom.